The standard InChI is InChI=1S/C12H12F3N/c13-12(14,15)7-1-2-8-6-3-10(9(8)5-7)11(16)4-6/h1-2,5-6,10-11H,3-4,16H2/t6?,10-,11-/m1/s1. The van der Waals surface area contributed by atoms with Gasteiger partial charge in [0.25, 0.3) is 0 Å². The highest BCUT2D eigenvalue weighted by atomic mass is 19.4. The van der Waals surface area contributed by atoms with Gasteiger partial charge in [-0.25, -0.2) is 0 Å². The fraction of sp³-hybridized carbons (Fsp3) is 0.500. The van der Waals surface area contributed by atoms with Gasteiger partial charge in [0.05, 0.1) is 5.56 Å². The fourth-order valence-electron chi connectivity index (χ4n) is 3.13. The van der Waals surface area contributed by atoms with Gasteiger partial charge in [0.1, 0.15) is 0 Å². The van der Waals surface area contributed by atoms with E-state index in [4.69, 9.17) is 5.73 Å². The van der Waals surface area contributed by atoms with Crippen LogP contribution in [0.4, 0.5) is 13.2 Å². The van der Waals surface area contributed by atoms with Crippen LogP contribution in [0.1, 0.15) is 41.4 Å². The summed E-state index contributed by atoms with van der Waals surface area (Å²) < 4.78 is 37.7. The maximum Gasteiger partial charge on any atom is 0.416 e. The minimum Gasteiger partial charge on any atom is -0.327 e. The number of benzene rings is 1. The molecule has 3 atom stereocenters. The first-order chi connectivity index (χ1) is 7.47. The molecule has 2 aliphatic rings. The molecule has 4 heteroatoms. The molecule has 0 heterocycles. The Kier molecular flexibility index (Phi) is 1.90. The van der Waals surface area contributed by atoms with Crippen LogP contribution in [0.25, 0.3) is 0 Å². The fourth-order valence-corrected chi connectivity index (χ4v) is 3.13. The Labute approximate surface area is 91.4 Å². The lowest BCUT2D eigenvalue weighted by Gasteiger charge is -2.22. The Hall–Kier alpha value is -1.03. The lowest BCUT2D eigenvalue weighted by molar-refractivity contribution is -0.137. The molecule has 0 aliphatic heterocycles. The first kappa shape index (κ1) is 10.1. The van der Waals surface area contributed by atoms with Crippen molar-refractivity contribution in [3.05, 3.63) is 34.9 Å². The van der Waals surface area contributed by atoms with Crippen molar-refractivity contribution in [1.29, 1.82) is 0 Å². The predicted molar refractivity (Wildman–Crippen MR) is 54.1 cm³/mol. The summed E-state index contributed by atoms with van der Waals surface area (Å²) in [6.45, 7) is 0. The summed E-state index contributed by atoms with van der Waals surface area (Å²) >= 11 is 0. The molecule has 0 radical (unpaired) electrons. The molecule has 1 aromatic rings. The number of hydrogen-bond acceptors (Lipinski definition) is 1. The molecule has 2 bridgehead atoms. The van der Waals surface area contributed by atoms with Gasteiger partial charge in [-0.15, -0.1) is 0 Å². The number of alkyl halides is 3. The van der Waals surface area contributed by atoms with Gasteiger partial charge in [0.15, 0.2) is 0 Å². The van der Waals surface area contributed by atoms with Gasteiger partial charge in [-0.1, -0.05) is 6.07 Å². The second kappa shape index (κ2) is 3.00. The van der Waals surface area contributed by atoms with Crippen molar-refractivity contribution in [1.82, 2.24) is 0 Å². The quantitative estimate of drug-likeness (QED) is 0.724. The molecule has 86 valence electrons. The molecule has 0 aromatic heterocycles. The second-order valence-corrected chi connectivity index (χ2v) is 4.78. The van der Waals surface area contributed by atoms with Crippen LogP contribution in [0.15, 0.2) is 18.2 Å². The van der Waals surface area contributed by atoms with Gasteiger partial charge in [-0.2, -0.15) is 13.2 Å². The monoisotopic (exact) mass is 227 g/mol. The number of hydrogen-bond donors (Lipinski definition) is 1. The first-order valence-electron chi connectivity index (χ1n) is 5.43. The molecule has 0 spiro atoms. The molecular weight excluding hydrogens is 215 g/mol. The molecular formula is C12H12F3N. The van der Waals surface area contributed by atoms with E-state index in [1.807, 2.05) is 0 Å². The summed E-state index contributed by atoms with van der Waals surface area (Å²) in [5.41, 5.74) is 7.28. The van der Waals surface area contributed by atoms with E-state index in [1.54, 1.807) is 6.07 Å². The summed E-state index contributed by atoms with van der Waals surface area (Å²) in [6.07, 6.45) is -2.40. The van der Waals surface area contributed by atoms with Crippen molar-refractivity contribution < 1.29 is 13.2 Å². The van der Waals surface area contributed by atoms with Crippen molar-refractivity contribution in [3.8, 4) is 0 Å². The summed E-state index contributed by atoms with van der Waals surface area (Å²) in [5.74, 6) is 0.527. The van der Waals surface area contributed by atoms with Crippen LogP contribution < -0.4 is 5.73 Å². The highest BCUT2D eigenvalue weighted by Crippen LogP contribution is 2.53. The van der Waals surface area contributed by atoms with Crippen LogP contribution in [0.5, 0.6) is 0 Å². The average molecular weight is 227 g/mol. The van der Waals surface area contributed by atoms with Crippen LogP contribution >= 0.6 is 0 Å². The molecule has 1 saturated carbocycles. The van der Waals surface area contributed by atoms with Crippen molar-refractivity contribution in [2.24, 2.45) is 5.73 Å². The van der Waals surface area contributed by atoms with E-state index < -0.39 is 11.7 Å². The minimum atomic E-state index is -4.25. The molecule has 1 unspecified atom stereocenters. The van der Waals surface area contributed by atoms with E-state index in [0.717, 1.165) is 24.0 Å². The van der Waals surface area contributed by atoms with Crippen LogP contribution in [-0.4, -0.2) is 6.04 Å². The van der Waals surface area contributed by atoms with E-state index in [0.29, 0.717) is 5.92 Å². The molecule has 0 amide bonds. The highest BCUT2D eigenvalue weighted by Gasteiger charge is 2.43. The Bertz CT molecular complexity index is 438. The number of rotatable bonds is 0. The molecule has 16 heavy (non-hydrogen) atoms. The number of halogens is 3. The molecule has 0 saturated heterocycles. The van der Waals surface area contributed by atoms with Gasteiger partial charge in [0.2, 0.25) is 0 Å². The van der Waals surface area contributed by atoms with Gasteiger partial charge >= 0.3 is 6.18 Å². The van der Waals surface area contributed by atoms with Gasteiger partial charge in [0, 0.05) is 6.04 Å². The zero-order valence-electron chi connectivity index (χ0n) is 8.59. The number of fused-ring (bicyclic) bond motifs is 5. The summed E-state index contributed by atoms with van der Waals surface area (Å²) in [5, 5.41) is 0. The topological polar surface area (TPSA) is 26.0 Å². The SMILES string of the molecule is N[C@@H]1CC2C[C@@H]1c1cc(C(F)(F)F)ccc12. The Morgan fingerprint density at radius 3 is 2.56 bits per heavy atom. The summed E-state index contributed by atoms with van der Waals surface area (Å²) in [6, 6.07) is 4.15. The maximum absolute atomic E-state index is 12.6. The molecule has 1 nitrogen and oxygen atoms in total. The van der Waals surface area contributed by atoms with Crippen LogP contribution in [0.2, 0.25) is 0 Å². The zero-order chi connectivity index (χ0) is 11.5. The Morgan fingerprint density at radius 1 is 1.12 bits per heavy atom. The van der Waals surface area contributed by atoms with E-state index in [1.165, 1.54) is 12.1 Å². The van der Waals surface area contributed by atoms with E-state index >= 15 is 0 Å². The van der Waals surface area contributed by atoms with Gasteiger partial charge in [-0.3, -0.25) is 0 Å². The predicted octanol–water partition coefficient (Wildman–Crippen LogP) is 3.01. The van der Waals surface area contributed by atoms with E-state index in [9.17, 15) is 13.2 Å². The molecule has 1 aromatic carbocycles. The van der Waals surface area contributed by atoms with Gasteiger partial charge in [-0.05, 0) is 47.9 Å². The van der Waals surface area contributed by atoms with Crippen LogP contribution in [0, 0.1) is 0 Å². The number of nitrogens with two attached hydrogens (primary N) is 1. The molecule has 2 N–H and O–H groups in total. The Morgan fingerprint density at radius 2 is 1.88 bits per heavy atom. The van der Waals surface area contributed by atoms with E-state index in [-0.39, 0.29) is 12.0 Å². The zero-order valence-corrected chi connectivity index (χ0v) is 8.59. The third-order valence-corrected chi connectivity index (χ3v) is 3.87. The van der Waals surface area contributed by atoms with Crippen molar-refractivity contribution in [3.63, 3.8) is 0 Å². The highest BCUT2D eigenvalue weighted by molar-refractivity contribution is 5.45. The first-order valence-corrected chi connectivity index (χ1v) is 5.43. The largest absolute Gasteiger partial charge is 0.416 e. The molecule has 1 fully saturated rings. The summed E-state index contributed by atoms with van der Waals surface area (Å²) in [4.78, 5) is 0. The van der Waals surface area contributed by atoms with Crippen molar-refractivity contribution in [2.75, 3.05) is 0 Å². The Balaban J connectivity index is 2.08. The lowest BCUT2D eigenvalue weighted by atomic mass is 9.87. The van der Waals surface area contributed by atoms with Crippen molar-refractivity contribution >= 4 is 0 Å². The average Bonchev–Trinajstić information content (AvgIpc) is 2.73. The van der Waals surface area contributed by atoms with Gasteiger partial charge < -0.3 is 5.73 Å². The lowest BCUT2D eigenvalue weighted by Crippen LogP contribution is -2.25. The van der Waals surface area contributed by atoms with Crippen LogP contribution in [0.3, 0.4) is 0 Å². The van der Waals surface area contributed by atoms with Crippen molar-refractivity contribution in [2.45, 2.75) is 36.9 Å². The van der Waals surface area contributed by atoms with E-state index in [2.05, 4.69) is 0 Å². The molecule has 2 aliphatic carbocycles. The second-order valence-electron chi connectivity index (χ2n) is 4.78. The normalized spacial score (nSPS) is 31.9. The summed E-state index contributed by atoms with van der Waals surface area (Å²) in [7, 11) is 0. The molecule has 3 rings (SSSR count). The minimum absolute atomic E-state index is 0.0426. The smallest absolute Gasteiger partial charge is 0.327 e. The third kappa shape index (κ3) is 1.29. The van der Waals surface area contributed by atoms with Crippen LogP contribution in [-0.2, 0) is 6.18 Å². The maximum atomic E-state index is 12.6. The third-order valence-electron chi connectivity index (χ3n) is 3.87.